The van der Waals surface area contributed by atoms with Crippen molar-refractivity contribution in [2.45, 2.75) is 0 Å². The Labute approximate surface area is 205 Å². The van der Waals surface area contributed by atoms with Crippen LogP contribution in [0.3, 0.4) is 0 Å². The predicted molar refractivity (Wildman–Crippen MR) is 136 cm³/mol. The average Bonchev–Trinajstić information content (AvgIpc) is 3.26. The number of hydrogen-bond acceptors (Lipinski definition) is 6. The summed E-state index contributed by atoms with van der Waals surface area (Å²) in [5.41, 5.74) is 6.18. The zero-order valence-corrected chi connectivity index (χ0v) is 20.4. The fourth-order valence-corrected chi connectivity index (χ4v) is 4.81. The van der Waals surface area contributed by atoms with Gasteiger partial charge in [0.1, 0.15) is 5.75 Å². The molecule has 0 aliphatic carbocycles. The van der Waals surface area contributed by atoms with E-state index < -0.39 is 0 Å². The molecule has 0 aliphatic rings. The third-order valence-electron chi connectivity index (χ3n) is 4.40. The summed E-state index contributed by atoms with van der Waals surface area (Å²) in [5.74, 6) is -0.318. The average molecular weight is 572 g/mol. The first kappa shape index (κ1) is 22.2. The first-order chi connectivity index (χ1) is 15.5. The lowest BCUT2D eigenvalue weighted by atomic mass is 10.2. The molecular weight excluding hydrogens is 556 g/mol. The number of nitrogens with one attached hydrogen (secondary N) is 2. The predicted octanol–water partition coefficient (Wildman–Crippen LogP) is 6.55. The second-order valence-electron chi connectivity index (χ2n) is 6.63. The van der Waals surface area contributed by atoms with Gasteiger partial charge >= 0.3 is 0 Å². The van der Waals surface area contributed by atoms with Gasteiger partial charge in [-0.15, -0.1) is 11.3 Å². The van der Waals surface area contributed by atoms with Gasteiger partial charge in [-0.25, -0.2) is 10.4 Å². The Bertz CT molecular complexity index is 1280. The second kappa shape index (κ2) is 10.1. The number of hydrogen-bond donors (Lipinski definition) is 3. The maximum Gasteiger partial charge on any atom is 0.271 e. The minimum Gasteiger partial charge on any atom is -0.506 e. The van der Waals surface area contributed by atoms with E-state index in [4.69, 9.17) is 0 Å². The van der Waals surface area contributed by atoms with Gasteiger partial charge in [0.15, 0.2) is 5.13 Å². The summed E-state index contributed by atoms with van der Waals surface area (Å²) in [6.07, 6.45) is 1.38. The lowest BCUT2D eigenvalue weighted by molar-refractivity contribution is 0.0955. The molecule has 1 aromatic heterocycles. The van der Waals surface area contributed by atoms with Crippen molar-refractivity contribution >= 4 is 66.1 Å². The Morgan fingerprint density at radius 2 is 1.81 bits per heavy atom. The van der Waals surface area contributed by atoms with Crippen LogP contribution < -0.4 is 10.7 Å². The largest absolute Gasteiger partial charge is 0.506 e. The minimum absolute atomic E-state index is 0.0410. The molecule has 1 amide bonds. The number of thiazole rings is 1. The van der Waals surface area contributed by atoms with E-state index in [9.17, 15) is 9.90 Å². The number of hydrazone groups is 1. The molecule has 0 saturated heterocycles. The number of nitrogens with zero attached hydrogens (tertiary/aromatic N) is 2. The fraction of sp³-hybridized carbons (Fsp3) is 0. The number of anilines is 2. The van der Waals surface area contributed by atoms with Crippen molar-refractivity contribution in [1.29, 1.82) is 0 Å². The number of halogens is 2. The summed E-state index contributed by atoms with van der Waals surface area (Å²) in [6, 6.07) is 20.4. The molecule has 0 aliphatic heterocycles. The number of aromatic hydroxyl groups is 1. The smallest absolute Gasteiger partial charge is 0.271 e. The maximum absolute atomic E-state index is 12.3. The van der Waals surface area contributed by atoms with E-state index in [1.165, 1.54) is 17.6 Å². The van der Waals surface area contributed by atoms with Gasteiger partial charge in [0.25, 0.3) is 5.91 Å². The number of aromatic nitrogens is 1. The van der Waals surface area contributed by atoms with Crippen molar-refractivity contribution in [3.63, 3.8) is 0 Å². The normalized spacial score (nSPS) is 10.9. The van der Waals surface area contributed by atoms with Crippen LogP contribution in [-0.2, 0) is 0 Å². The Morgan fingerprint density at radius 1 is 1.06 bits per heavy atom. The van der Waals surface area contributed by atoms with Gasteiger partial charge in [-0.05, 0) is 52.3 Å². The third-order valence-corrected chi connectivity index (χ3v) is 6.22. The maximum atomic E-state index is 12.3. The van der Waals surface area contributed by atoms with Crippen molar-refractivity contribution in [1.82, 2.24) is 10.4 Å². The van der Waals surface area contributed by atoms with Gasteiger partial charge in [-0.3, -0.25) is 4.79 Å². The van der Waals surface area contributed by atoms with Crippen molar-refractivity contribution in [2.24, 2.45) is 5.10 Å². The van der Waals surface area contributed by atoms with Crippen LogP contribution in [0.5, 0.6) is 5.75 Å². The summed E-state index contributed by atoms with van der Waals surface area (Å²) < 4.78 is 1.30. The molecule has 6 nitrogen and oxygen atoms in total. The van der Waals surface area contributed by atoms with Crippen molar-refractivity contribution in [3.05, 3.63) is 92.2 Å². The van der Waals surface area contributed by atoms with Crippen LogP contribution in [0.4, 0.5) is 10.8 Å². The first-order valence-corrected chi connectivity index (χ1v) is 11.9. The molecule has 0 spiro atoms. The molecular formula is C23H16Br2N4O2S. The fourth-order valence-electron chi connectivity index (χ4n) is 2.81. The highest BCUT2D eigenvalue weighted by Gasteiger charge is 2.08. The van der Waals surface area contributed by atoms with Crippen LogP contribution in [0.25, 0.3) is 11.3 Å². The number of rotatable bonds is 6. The van der Waals surface area contributed by atoms with E-state index in [1.54, 1.807) is 36.4 Å². The van der Waals surface area contributed by atoms with E-state index >= 15 is 0 Å². The van der Waals surface area contributed by atoms with Crippen molar-refractivity contribution < 1.29 is 9.90 Å². The van der Waals surface area contributed by atoms with Crippen LogP contribution in [0, 0.1) is 0 Å². The minimum atomic E-state index is -0.359. The number of phenolic OH excluding ortho intramolecular Hbond substituents is 1. The molecule has 9 heteroatoms. The van der Waals surface area contributed by atoms with Crippen molar-refractivity contribution in [3.8, 4) is 17.0 Å². The first-order valence-electron chi connectivity index (χ1n) is 9.39. The Hall–Kier alpha value is -3.01. The van der Waals surface area contributed by atoms with E-state index in [1.807, 2.05) is 35.7 Å². The highest BCUT2D eigenvalue weighted by atomic mass is 79.9. The standard InChI is InChI=1S/C23H16Br2N4O2S/c24-17-10-16(21(30)19(25)11-17)12-26-29-22(31)15-6-8-18(9-7-15)27-23-28-20(13-32-23)14-4-2-1-3-5-14/h1-13,30H,(H,27,28)(H,29,31)/b26-12+. The number of carbonyl (C=O) groups is 1. The monoisotopic (exact) mass is 570 g/mol. The number of phenols is 1. The molecule has 0 saturated carbocycles. The summed E-state index contributed by atoms with van der Waals surface area (Å²) in [7, 11) is 0. The van der Waals surface area contributed by atoms with Crippen LogP contribution in [0.2, 0.25) is 0 Å². The molecule has 0 bridgehead atoms. The topological polar surface area (TPSA) is 86.6 Å². The summed E-state index contributed by atoms with van der Waals surface area (Å²) in [5, 5.41) is 20.0. The van der Waals surface area contributed by atoms with Crippen LogP contribution in [-0.4, -0.2) is 22.2 Å². The Morgan fingerprint density at radius 3 is 2.56 bits per heavy atom. The van der Waals surface area contributed by atoms with E-state index in [-0.39, 0.29) is 11.7 Å². The van der Waals surface area contributed by atoms with E-state index in [0.29, 0.717) is 15.6 Å². The molecule has 0 unspecified atom stereocenters. The van der Waals surface area contributed by atoms with Gasteiger partial charge in [0.05, 0.1) is 16.4 Å². The summed E-state index contributed by atoms with van der Waals surface area (Å²) in [6.45, 7) is 0. The zero-order valence-electron chi connectivity index (χ0n) is 16.4. The molecule has 0 atom stereocenters. The molecule has 1 heterocycles. The van der Waals surface area contributed by atoms with E-state index in [2.05, 4.69) is 52.7 Å². The van der Waals surface area contributed by atoms with E-state index in [0.717, 1.165) is 26.5 Å². The zero-order chi connectivity index (χ0) is 22.5. The molecule has 4 rings (SSSR count). The molecule has 3 N–H and O–H groups in total. The number of benzene rings is 3. The molecule has 4 aromatic rings. The molecule has 3 aromatic carbocycles. The second-order valence-corrected chi connectivity index (χ2v) is 9.26. The Kier molecular flexibility index (Phi) is 6.99. The summed E-state index contributed by atoms with van der Waals surface area (Å²) in [4.78, 5) is 17.0. The van der Waals surface area contributed by atoms with Crippen LogP contribution in [0.1, 0.15) is 15.9 Å². The summed E-state index contributed by atoms with van der Waals surface area (Å²) >= 11 is 8.12. The highest BCUT2D eigenvalue weighted by molar-refractivity contribution is 9.11. The number of carbonyl (C=O) groups excluding carboxylic acids is 1. The lowest BCUT2D eigenvalue weighted by Gasteiger charge is -2.05. The molecule has 0 fully saturated rings. The van der Waals surface area contributed by atoms with Gasteiger partial charge in [0, 0.05) is 32.2 Å². The van der Waals surface area contributed by atoms with Crippen molar-refractivity contribution in [2.75, 3.05) is 5.32 Å². The number of amides is 1. The molecule has 160 valence electrons. The van der Waals surface area contributed by atoms with Crippen LogP contribution in [0.15, 0.2) is 86.2 Å². The van der Waals surface area contributed by atoms with Gasteiger partial charge < -0.3 is 10.4 Å². The highest BCUT2D eigenvalue weighted by Crippen LogP contribution is 2.30. The van der Waals surface area contributed by atoms with Gasteiger partial charge in [-0.2, -0.15) is 5.10 Å². The van der Waals surface area contributed by atoms with Gasteiger partial charge in [0.2, 0.25) is 0 Å². The quantitative estimate of drug-likeness (QED) is 0.181. The van der Waals surface area contributed by atoms with Crippen LogP contribution >= 0.6 is 43.2 Å². The van der Waals surface area contributed by atoms with Gasteiger partial charge in [-0.1, -0.05) is 46.3 Å². The SMILES string of the molecule is O=C(N/N=C/c1cc(Br)cc(Br)c1O)c1ccc(Nc2nc(-c3ccccc3)cs2)cc1. The Balaban J connectivity index is 1.37. The molecule has 32 heavy (non-hydrogen) atoms. The lowest BCUT2D eigenvalue weighted by Crippen LogP contribution is -2.17. The molecule has 0 radical (unpaired) electrons. The third kappa shape index (κ3) is 5.42.